The summed E-state index contributed by atoms with van der Waals surface area (Å²) in [5, 5.41) is 18.6. The first-order chi connectivity index (χ1) is 15.4. The molecule has 1 aliphatic rings. The molecule has 1 fully saturated rings. The third-order valence-electron chi connectivity index (χ3n) is 6.61. The molecule has 3 aromatic rings. The Morgan fingerprint density at radius 1 is 1.09 bits per heavy atom. The van der Waals surface area contributed by atoms with Gasteiger partial charge in [0.15, 0.2) is 0 Å². The van der Waals surface area contributed by atoms with Crippen LogP contribution >= 0.6 is 0 Å². The molecular weight excluding hydrogens is 404 g/mol. The molecule has 7 heteroatoms. The van der Waals surface area contributed by atoms with Crippen molar-refractivity contribution < 1.29 is 9.72 Å². The van der Waals surface area contributed by atoms with Crippen molar-refractivity contribution in [2.75, 3.05) is 6.54 Å². The molecule has 166 valence electrons. The number of nitrogens with one attached hydrogen (secondary N) is 1. The van der Waals surface area contributed by atoms with Crippen LogP contribution in [0.5, 0.6) is 0 Å². The van der Waals surface area contributed by atoms with Crippen molar-refractivity contribution in [2.45, 2.75) is 51.5 Å². The molecule has 1 heterocycles. The van der Waals surface area contributed by atoms with Crippen LogP contribution in [0.4, 0.5) is 5.69 Å². The molecule has 0 aliphatic heterocycles. The minimum Gasteiger partial charge on any atom is -0.351 e. The normalized spacial score (nSPS) is 14.9. The van der Waals surface area contributed by atoms with Gasteiger partial charge in [0.25, 0.3) is 5.91 Å². The molecule has 0 radical (unpaired) electrons. The first-order valence-corrected chi connectivity index (χ1v) is 11.0. The van der Waals surface area contributed by atoms with E-state index >= 15 is 0 Å². The Morgan fingerprint density at radius 2 is 1.75 bits per heavy atom. The van der Waals surface area contributed by atoms with Gasteiger partial charge in [-0.2, -0.15) is 5.10 Å². The van der Waals surface area contributed by atoms with Crippen LogP contribution < -0.4 is 5.32 Å². The van der Waals surface area contributed by atoms with E-state index in [1.165, 1.54) is 18.4 Å². The monoisotopic (exact) mass is 432 g/mol. The van der Waals surface area contributed by atoms with E-state index in [1.54, 1.807) is 30.7 Å². The van der Waals surface area contributed by atoms with Gasteiger partial charge >= 0.3 is 5.69 Å². The van der Waals surface area contributed by atoms with E-state index in [9.17, 15) is 14.9 Å². The van der Waals surface area contributed by atoms with Crippen molar-refractivity contribution in [3.8, 4) is 0 Å². The first kappa shape index (κ1) is 21.7. The van der Waals surface area contributed by atoms with Gasteiger partial charge in [-0.3, -0.25) is 19.6 Å². The lowest BCUT2D eigenvalue weighted by molar-refractivity contribution is -0.386. The molecule has 4 rings (SSSR count). The summed E-state index contributed by atoms with van der Waals surface area (Å²) in [6.45, 7) is 4.39. The lowest BCUT2D eigenvalue weighted by atomic mass is 9.79. The Hall–Kier alpha value is -3.48. The highest BCUT2D eigenvalue weighted by Gasteiger charge is 2.35. The summed E-state index contributed by atoms with van der Waals surface area (Å²) in [4.78, 5) is 23.6. The number of hydrogen-bond donors (Lipinski definition) is 1. The van der Waals surface area contributed by atoms with Crippen LogP contribution in [0.15, 0.2) is 54.6 Å². The van der Waals surface area contributed by atoms with E-state index in [0.29, 0.717) is 30.0 Å². The van der Waals surface area contributed by atoms with Gasteiger partial charge in [-0.15, -0.1) is 0 Å². The largest absolute Gasteiger partial charge is 0.351 e. The second-order valence-corrected chi connectivity index (χ2v) is 8.67. The third-order valence-corrected chi connectivity index (χ3v) is 6.61. The highest BCUT2D eigenvalue weighted by atomic mass is 16.6. The second kappa shape index (κ2) is 8.94. The average molecular weight is 433 g/mol. The Balaban J connectivity index is 1.43. The molecule has 0 saturated heterocycles. The standard InChI is InChI=1S/C25H28N4O3/c1-18-23(29(31)32)19(2)28(27-18)16-20-10-12-21(13-11-20)24(30)26-17-25(14-6-7-15-25)22-8-4-3-5-9-22/h3-5,8-13H,6-7,14-17H2,1-2H3,(H,26,30). The molecule has 1 N–H and O–H groups in total. The van der Waals surface area contributed by atoms with E-state index in [4.69, 9.17) is 0 Å². The summed E-state index contributed by atoms with van der Waals surface area (Å²) in [6, 6.07) is 17.8. The highest BCUT2D eigenvalue weighted by Crippen LogP contribution is 2.40. The molecule has 1 amide bonds. The van der Waals surface area contributed by atoms with Crippen molar-refractivity contribution >= 4 is 11.6 Å². The molecule has 0 atom stereocenters. The number of benzene rings is 2. The Labute approximate surface area is 187 Å². The lowest BCUT2D eigenvalue weighted by Crippen LogP contribution is -2.39. The van der Waals surface area contributed by atoms with Crippen molar-refractivity contribution in [3.63, 3.8) is 0 Å². The lowest BCUT2D eigenvalue weighted by Gasteiger charge is -2.30. The number of hydrogen-bond acceptors (Lipinski definition) is 4. The molecule has 0 unspecified atom stereocenters. The van der Waals surface area contributed by atoms with Crippen molar-refractivity contribution in [1.82, 2.24) is 15.1 Å². The summed E-state index contributed by atoms with van der Waals surface area (Å²) in [5.41, 5.74) is 3.83. The smallest absolute Gasteiger partial charge is 0.312 e. The van der Waals surface area contributed by atoms with Crippen LogP contribution in [0, 0.1) is 24.0 Å². The molecular formula is C25H28N4O3. The van der Waals surface area contributed by atoms with Gasteiger partial charge in [0, 0.05) is 17.5 Å². The number of nitro groups is 1. The minimum absolute atomic E-state index is 0.0149. The third kappa shape index (κ3) is 4.28. The van der Waals surface area contributed by atoms with Crippen LogP contribution in [-0.2, 0) is 12.0 Å². The topological polar surface area (TPSA) is 90.1 Å². The zero-order valence-electron chi connectivity index (χ0n) is 18.5. The number of aryl methyl sites for hydroxylation is 1. The van der Waals surface area contributed by atoms with Gasteiger partial charge in [-0.05, 0) is 49.9 Å². The quantitative estimate of drug-likeness (QED) is 0.433. The molecule has 1 aliphatic carbocycles. The zero-order valence-corrected chi connectivity index (χ0v) is 18.5. The number of amides is 1. The summed E-state index contributed by atoms with van der Waals surface area (Å²) < 4.78 is 1.63. The van der Waals surface area contributed by atoms with E-state index < -0.39 is 4.92 Å². The molecule has 32 heavy (non-hydrogen) atoms. The molecule has 0 bridgehead atoms. The highest BCUT2D eigenvalue weighted by molar-refractivity contribution is 5.94. The summed E-state index contributed by atoms with van der Waals surface area (Å²) in [7, 11) is 0. The van der Waals surface area contributed by atoms with Crippen LogP contribution in [0.2, 0.25) is 0 Å². The Bertz CT molecular complexity index is 1110. The second-order valence-electron chi connectivity index (χ2n) is 8.67. The van der Waals surface area contributed by atoms with Gasteiger partial charge < -0.3 is 5.32 Å². The van der Waals surface area contributed by atoms with Crippen LogP contribution in [0.3, 0.4) is 0 Å². The van der Waals surface area contributed by atoms with Gasteiger partial charge in [0.1, 0.15) is 11.4 Å². The van der Waals surface area contributed by atoms with E-state index in [-0.39, 0.29) is 17.0 Å². The fourth-order valence-corrected chi connectivity index (χ4v) is 4.80. The number of nitrogens with zero attached hydrogens (tertiary/aromatic N) is 3. The first-order valence-electron chi connectivity index (χ1n) is 11.0. The molecule has 1 saturated carbocycles. The van der Waals surface area contributed by atoms with E-state index in [0.717, 1.165) is 18.4 Å². The fraction of sp³-hybridized carbons (Fsp3) is 0.360. The molecule has 0 spiro atoms. The maximum atomic E-state index is 12.8. The Kier molecular flexibility index (Phi) is 6.08. The number of carbonyl (C=O) groups is 1. The average Bonchev–Trinajstić information content (AvgIpc) is 3.38. The minimum atomic E-state index is -0.395. The van der Waals surface area contributed by atoms with Crippen LogP contribution in [-0.4, -0.2) is 27.2 Å². The van der Waals surface area contributed by atoms with Gasteiger partial charge in [0.2, 0.25) is 0 Å². The van der Waals surface area contributed by atoms with Crippen molar-refractivity contribution in [2.24, 2.45) is 0 Å². The summed E-state index contributed by atoms with van der Waals surface area (Å²) in [5.74, 6) is -0.0829. The van der Waals surface area contributed by atoms with E-state index in [1.807, 2.05) is 18.2 Å². The van der Waals surface area contributed by atoms with Crippen LogP contribution in [0.1, 0.15) is 58.6 Å². The number of aromatic nitrogens is 2. The maximum Gasteiger partial charge on any atom is 0.312 e. The molecule has 1 aromatic heterocycles. The van der Waals surface area contributed by atoms with Gasteiger partial charge in [-0.25, -0.2) is 0 Å². The molecule has 2 aromatic carbocycles. The molecule has 7 nitrogen and oxygen atoms in total. The Morgan fingerprint density at radius 3 is 2.34 bits per heavy atom. The van der Waals surface area contributed by atoms with Crippen molar-refractivity contribution in [3.05, 3.63) is 92.8 Å². The summed E-state index contributed by atoms with van der Waals surface area (Å²) >= 11 is 0. The predicted octanol–water partition coefficient (Wildman–Crippen LogP) is 4.70. The zero-order chi connectivity index (χ0) is 22.7. The number of carbonyl (C=O) groups excluding carboxylic acids is 1. The number of rotatable bonds is 7. The van der Waals surface area contributed by atoms with Crippen molar-refractivity contribution in [1.29, 1.82) is 0 Å². The van der Waals surface area contributed by atoms with E-state index in [2.05, 4.69) is 34.7 Å². The van der Waals surface area contributed by atoms with Crippen LogP contribution in [0.25, 0.3) is 0 Å². The van der Waals surface area contributed by atoms with Gasteiger partial charge in [-0.1, -0.05) is 55.3 Å². The SMILES string of the molecule is Cc1nn(Cc2ccc(C(=O)NCC3(c4ccccc4)CCCC3)cc2)c(C)c1[N+](=O)[O-]. The fourth-order valence-electron chi connectivity index (χ4n) is 4.80. The summed E-state index contributed by atoms with van der Waals surface area (Å²) in [6.07, 6.45) is 4.55. The predicted molar refractivity (Wildman–Crippen MR) is 123 cm³/mol. The van der Waals surface area contributed by atoms with Gasteiger partial charge in [0.05, 0.1) is 11.5 Å². The maximum absolute atomic E-state index is 12.8.